The topological polar surface area (TPSA) is 61.4 Å². The summed E-state index contributed by atoms with van der Waals surface area (Å²) in [7, 11) is 0. The summed E-state index contributed by atoms with van der Waals surface area (Å²) in [5.74, 6) is 0. The van der Waals surface area contributed by atoms with Crippen LogP contribution in [0.15, 0.2) is 48.5 Å². The third-order valence-corrected chi connectivity index (χ3v) is 3.52. The first kappa shape index (κ1) is 15.6. The maximum Gasteiger partial charge on any atom is 0.319 e. The standard InChI is InChI=1S/C15H14Cl2N2O2/c16-11-6-2-1-5-10(11)14(20)9-18-15(21)19-13-8-4-3-7-12(13)17/h1-8,14,20H,9H2,(H2,18,19,21). The number of rotatable bonds is 4. The average molecular weight is 325 g/mol. The van der Waals surface area contributed by atoms with Crippen LogP contribution < -0.4 is 10.6 Å². The molecule has 2 amide bonds. The van der Waals surface area contributed by atoms with Crippen LogP contribution in [0, 0.1) is 0 Å². The van der Waals surface area contributed by atoms with Gasteiger partial charge in [-0.3, -0.25) is 0 Å². The van der Waals surface area contributed by atoms with Crippen molar-refractivity contribution in [1.82, 2.24) is 5.32 Å². The Labute approximate surface area is 132 Å². The first-order chi connectivity index (χ1) is 10.1. The molecule has 1 atom stereocenters. The molecule has 1 unspecified atom stereocenters. The Balaban J connectivity index is 1.90. The lowest BCUT2D eigenvalue weighted by Crippen LogP contribution is -2.32. The third kappa shape index (κ3) is 4.36. The molecule has 0 radical (unpaired) electrons. The smallest absolute Gasteiger partial charge is 0.319 e. The molecule has 0 aliphatic heterocycles. The number of hydrogen-bond acceptors (Lipinski definition) is 2. The van der Waals surface area contributed by atoms with E-state index in [2.05, 4.69) is 10.6 Å². The number of carbonyl (C=O) groups excluding carboxylic acids is 1. The van der Waals surface area contributed by atoms with Gasteiger partial charge in [-0.1, -0.05) is 53.5 Å². The highest BCUT2D eigenvalue weighted by Crippen LogP contribution is 2.22. The van der Waals surface area contributed by atoms with E-state index in [1.807, 2.05) is 0 Å². The molecule has 0 aromatic heterocycles. The predicted molar refractivity (Wildman–Crippen MR) is 84.9 cm³/mol. The number of para-hydroxylation sites is 1. The third-order valence-electron chi connectivity index (χ3n) is 2.84. The van der Waals surface area contributed by atoms with Gasteiger partial charge in [0.2, 0.25) is 0 Å². The molecule has 2 aromatic carbocycles. The van der Waals surface area contributed by atoms with Crippen LogP contribution in [-0.2, 0) is 0 Å². The molecule has 6 heteroatoms. The predicted octanol–water partition coefficient (Wildman–Crippen LogP) is 3.85. The zero-order valence-electron chi connectivity index (χ0n) is 11.0. The minimum Gasteiger partial charge on any atom is -0.387 e. The molecule has 0 aliphatic carbocycles. The summed E-state index contributed by atoms with van der Waals surface area (Å²) < 4.78 is 0. The van der Waals surface area contributed by atoms with Crippen molar-refractivity contribution < 1.29 is 9.90 Å². The van der Waals surface area contributed by atoms with Gasteiger partial charge >= 0.3 is 6.03 Å². The minimum atomic E-state index is -0.879. The van der Waals surface area contributed by atoms with Gasteiger partial charge < -0.3 is 15.7 Å². The molecule has 0 bridgehead atoms. The Morgan fingerprint density at radius 3 is 2.33 bits per heavy atom. The van der Waals surface area contributed by atoms with Gasteiger partial charge in [-0.15, -0.1) is 0 Å². The fraction of sp³-hybridized carbons (Fsp3) is 0.133. The Morgan fingerprint density at radius 1 is 1.05 bits per heavy atom. The number of anilines is 1. The number of amides is 2. The van der Waals surface area contributed by atoms with E-state index in [4.69, 9.17) is 23.2 Å². The number of nitrogens with one attached hydrogen (secondary N) is 2. The molecule has 0 spiro atoms. The summed E-state index contributed by atoms with van der Waals surface area (Å²) in [5, 5.41) is 16.1. The van der Waals surface area contributed by atoms with Crippen molar-refractivity contribution >= 4 is 34.9 Å². The number of aliphatic hydroxyl groups excluding tert-OH is 1. The second-order valence-electron chi connectivity index (χ2n) is 4.35. The van der Waals surface area contributed by atoms with Gasteiger partial charge in [-0.2, -0.15) is 0 Å². The van der Waals surface area contributed by atoms with Gasteiger partial charge in [-0.05, 0) is 18.2 Å². The van der Waals surface area contributed by atoms with Crippen molar-refractivity contribution in [3.8, 4) is 0 Å². The maximum absolute atomic E-state index is 11.8. The molecule has 0 saturated carbocycles. The van der Waals surface area contributed by atoms with Gasteiger partial charge in [0.15, 0.2) is 0 Å². The van der Waals surface area contributed by atoms with E-state index in [0.717, 1.165) is 0 Å². The second-order valence-corrected chi connectivity index (χ2v) is 5.17. The van der Waals surface area contributed by atoms with Crippen LogP contribution in [0.5, 0.6) is 0 Å². The number of benzene rings is 2. The highest BCUT2D eigenvalue weighted by molar-refractivity contribution is 6.33. The number of halogens is 2. The summed E-state index contributed by atoms with van der Waals surface area (Å²) >= 11 is 11.9. The molecular weight excluding hydrogens is 311 g/mol. The number of urea groups is 1. The van der Waals surface area contributed by atoms with Gasteiger partial charge in [0.05, 0.1) is 16.8 Å². The molecule has 21 heavy (non-hydrogen) atoms. The summed E-state index contributed by atoms with van der Waals surface area (Å²) in [5.41, 5.74) is 1.07. The molecule has 0 heterocycles. The summed E-state index contributed by atoms with van der Waals surface area (Å²) in [6.45, 7) is 0.0417. The largest absolute Gasteiger partial charge is 0.387 e. The molecule has 0 fully saturated rings. The molecule has 4 nitrogen and oxygen atoms in total. The number of aliphatic hydroxyl groups is 1. The van der Waals surface area contributed by atoms with E-state index in [-0.39, 0.29) is 6.54 Å². The van der Waals surface area contributed by atoms with Crippen molar-refractivity contribution in [2.45, 2.75) is 6.10 Å². The van der Waals surface area contributed by atoms with Crippen molar-refractivity contribution in [3.63, 3.8) is 0 Å². The molecule has 2 aromatic rings. The highest BCUT2D eigenvalue weighted by atomic mass is 35.5. The Kier molecular flexibility index (Phi) is 5.44. The van der Waals surface area contributed by atoms with E-state index in [0.29, 0.717) is 21.3 Å². The SMILES string of the molecule is O=C(NCC(O)c1ccccc1Cl)Nc1ccccc1Cl. The van der Waals surface area contributed by atoms with E-state index in [1.54, 1.807) is 48.5 Å². The van der Waals surface area contributed by atoms with Gasteiger partial charge in [0.1, 0.15) is 0 Å². The zero-order chi connectivity index (χ0) is 15.2. The van der Waals surface area contributed by atoms with Crippen molar-refractivity contribution in [2.24, 2.45) is 0 Å². The maximum atomic E-state index is 11.8. The average Bonchev–Trinajstić information content (AvgIpc) is 2.48. The Bertz CT molecular complexity index is 635. The van der Waals surface area contributed by atoms with Crippen molar-refractivity contribution in [3.05, 3.63) is 64.1 Å². The lowest BCUT2D eigenvalue weighted by Gasteiger charge is -2.14. The van der Waals surface area contributed by atoms with Crippen LogP contribution >= 0.6 is 23.2 Å². The molecule has 110 valence electrons. The number of carbonyl (C=O) groups is 1. The molecule has 3 N–H and O–H groups in total. The van der Waals surface area contributed by atoms with Crippen LogP contribution in [-0.4, -0.2) is 17.7 Å². The molecule has 0 aliphatic rings. The van der Waals surface area contributed by atoms with Crippen molar-refractivity contribution in [2.75, 3.05) is 11.9 Å². The zero-order valence-corrected chi connectivity index (χ0v) is 12.5. The Morgan fingerprint density at radius 2 is 1.67 bits per heavy atom. The van der Waals surface area contributed by atoms with E-state index >= 15 is 0 Å². The molecule has 0 saturated heterocycles. The van der Waals surface area contributed by atoms with Gasteiger partial charge in [0.25, 0.3) is 0 Å². The minimum absolute atomic E-state index is 0.0417. The number of hydrogen-bond donors (Lipinski definition) is 3. The second kappa shape index (κ2) is 7.31. The van der Waals surface area contributed by atoms with Gasteiger partial charge in [-0.25, -0.2) is 4.79 Å². The fourth-order valence-corrected chi connectivity index (χ4v) is 2.22. The Hall–Kier alpha value is -1.75. The fourth-order valence-electron chi connectivity index (χ4n) is 1.77. The lowest BCUT2D eigenvalue weighted by atomic mass is 10.1. The quantitative estimate of drug-likeness (QED) is 0.800. The summed E-state index contributed by atoms with van der Waals surface area (Å²) in [6.07, 6.45) is -0.879. The van der Waals surface area contributed by atoms with Crippen LogP contribution in [0.4, 0.5) is 10.5 Å². The highest BCUT2D eigenvalue weighted by Gasteiger charge is 2.12. The molecular formula is C15H14Cl2N2O2. The van der Waals surface area contributed by atoms with Crippen LogP contribution in [0.1, 0.15) is 11.7 Å². The summed E-state index contributed by atoms with van der Waals surface area (Å²) in [4.78, 5) is 11.8. The van der Waals surface area contributed by atoms with Gasteiger partial charge in [0, 0.05) is 17.1 Å². The van der Waals surface area contributed by atoms with E-state index in [1.165, 1.54) is 0 Å². The normalized spacial score (nSPS) is 11.8. The lowest BCUT2D eigenvalue weighted by molar-refractivity contribution is 0.175. The summed E-state index contributed by atoms with van der Waals surface area (Å²) in [6, 6.07) is 13.4. The van der Waals surface area contributed by atoms with Crippen LogP contribution in [0.2, 0.25) is 10.0 Å². The van der Waals surface area contributed by atoms with Crippen molar-refractivity contribution in [1.29, 1.82) is 0 Å². The molecule has 2 rings (SSSR count). The van der Waals surface area contributed by atoms with Crippen LogP contribution in [0.25, 0.3) is 0 Å². The first-order valence-electron chi connectivity index (χ1n) is 6.30. The van der Waals surface area contributed by atoms with E-state index < -0.39 is 12.1 Å². The van der Waals surface area contributed by atoms with E-state index in [9.17, 15) is 9.90 Å². The van der Waals surface area contributed by atoms with Crippen LogP contribution in [0.3, 0.4) is 0 Å². The monoisotopic (exact) mass is 324 g/mol. The first-order valence-corrected chi connectivity index (χ1v) is 7.05.